The number of hydrogen-bond donors (Lipinski definition) is 2. The van der Waals surface area contributed by atoms with Crippen molar-refractivity contribution in [1.82, 2.24) is 15.5 Å². The molecule has 0 saturated heterocycles. The molecule has 0 radical (unpaired) electrons. The fourth-order valence-corrected chi connectivity index (χ4v) is 3.94. The summed E-state index contributed by atoms with van der Waals surface area (Å²) in [6.07, 6.45) is 1.69. The number of fused-ring (bicyclic) bond motifs is 2. The fraction of sp³-hybridized carbons (Fsp3) is 0.300. The van der Waals surface area contributed by atoms with E-state index in [9.17, 15) is 0 Å². The van der Waals surface area contributed by atoms with Crippen molar-refractivity contribution in [2.75, 3.05) is 10.6 Å². The van der Waals surface area contributed by atoms with Crippen LogP contribution in [0.3, 0.4) is 0 Å². The molecule has 2 aromatic carbocycles. The van der Waals surface area contributed by atoms with Gasteiger partial charge in [0.05, 0.1) is 12.3 Å². The molecular formula is C20H21N5O2. The normalized spacial score (nSPS) is 21.1. The van der Waals surface area contributed by atoms with Crippen LogP contribution >= 0.6 is 0 Å². The Morgan fingerprint density at radius 1 is 1.15 bits per heavy atom. The molecule has 0 spiro atoms. The minimum atomic E-state index is -0.405. The zero-order chi connectivity index (χ0) is 18.4. The number of nitrogens with zero attached hydrogens (tertiary/aromatic N) is 3. The van der Waals surface area contributed by atoms with Gasteiger partial charge in [-0.25, -0.2) is 0 Å². The minimum absolute atomic E-state index is 0.216. The number of aryl methyl sites for hydroxylation is 2. The maximum atomic E-state index is 6.14. The number of anilines is 3. The Morgan fingerprint density at radius 2 is 2.04 bits per heavy atom. The lowest BCUT2D eigenvalue weighted by Gasteiger charge is -2.37. The van der Waals surface area contributed by atoms with E-state index in [0.29, 0.717) is 24.2 Å². The molecule has 1 aliphatic heterocycles. The van der Waals surface area contributed by atoms with E-state index < -0.39 is 6.35 Å². The van der Waals surface area contributed by atoms with E-state index in [2.05, 4.69) is 39.8 Å². The van der Waals surface area contributed by atoms with Gasteiger partial charge in [0.25, 0.3) is 0 Å². The van der Waals surface area contributed by atoms with Gasteiger partial charge in [0.1, 0.15) is 0 Å². The number of benzene rings is 2. The quantitative estimate of drug-likeness (QED) is 0.691. The molecule has 0 saturated carbocycles. The lowest BCUT2D eigenvalue weighted by molar-refractivity contribution is 0.00286. The molecule has 2 atom stereocenters. The molecule has 5 rings (SSSR count). The Hall–Kier alpha value is -2.90. The van der Waals surface area contributed by atoms with Crippen LogP contribution in [0, 0.1) is 6.92 Å². The van der Waals surface area contributed by atoms with Gasteiger partial charge >= 0.3 is 6.01 Å². The van der Waals surface area contributed by atoms with Crippen molar-refractivity contribution in [2.45, 2.75) is 38.8 Å². The summed E-state index contributed by atoms with van der Waals surface area (Å²) < 4.78 is 11.9. The van der Waals surface area contributed by atoms with E-state index in [0.717, 1.165) is 24.1 Å². The SMILES string of the molecule is Cc1nnc(N2c3ccc(N)cc3CO[C@@H]2NC2CCc3ccccc32)o1. The first-order valence-electron chi connectivity index (χ1n) is 9.12. The maximum absolute atomic E-state index is 6.14. The molecule has 2 aliphatic rings. The van der Waals surface area contributed by atoms with E-state index in [4.69, 9.17) is 14.9 Å². The van der Waals surface area contributed by atoms with Crippen LogP contribution in [0.15, 0.2) is 46.9 Å². The van der Waals surface area contributed by atoms with E-state index >= 15 is 0 Å². The highest BCUT2D eigenvalue weighted by Gasteiger charge is 2.35. The molecule has 1 aliphatic carbocycles. The third kappa shape index (κ3) is 2.85. The molecule has 1 aromatic heterocycles. The highest BCUT2D eigenvalue weighted by Crippen LogP contribution is 2.38. The number of ether oxygens (including phenoxy) is 1. The Labute approximate surface area is 157 Å². The molecule has 0 amide bonds. The van der Waals surface area contributed by atoms with E-state index in [1.54, 1.807) is 6.92 Å². The summed E-state index contributed by atoms with van der Waals surface area (Å²) in [5.74, 6) is 0.512. The third-order valence-corrected chi connectivity index (χ3v) is 5.19. The van der Waals surface area contributed by atoms with Crippen molar-refractivity contribution in [3.05, 3.63) is 65.0 Å². The predicted octanol–water partition coefficient (Wildman–Crippen LogP) is 3.19. The molecule has 0 fully saturated rings. The summed E-state index contributed by atoms with van der Waals surface area (Å²) in [4.78, 5) is 1.92. The zero-order valence-corrected chi connectivity index (χ0v) is 15.1. The number of hydrogen-bond acceptors (Lipinski definition) is 7. The summed E-state index contributed by atoms with van der Waals surface area (Å²) in [5, 5.41) is 11.8. The molecule has 7 heteroatoms. The maximum Gasteiger partial charge on any atom is 0.326 e. The predicted molar refractivity (Wildman–Crippen MR) is 101 cm³/mol. The number of nitrogens with two attached hydrogens (primary N) is 1. The molecule has 3 aromatic rings. The van der Waals surface area contributed by atoms with Crippen LogP contribution in [0.4, 0.5) is 17.4 Å². The summed E-state index contributed by atoms with van der Waals surface area (Å²) >= 11 is 0. The molecular weight excluding hydrogens is 342 g/mol. The average molecular weight is 363 g/mol. The molecule has 7 nitrogen and oxygen atoms in total. The van der Waals surface area contributed by atoms with E-state index in [1.165, 1.54) is 11.1 Å². The van der Waals surface area contributed by atoms with Crippen molar-refractivity contribution >= 4 is 17.4 Å². The van der Waals surface area contributed by atoms with Crippen LogP contribution < -0.4 is 16.0 Å². The number of rotatable bonds is 3. The lowest BCUT2D eigenvalue weighted by Crippen LogP contribution is -2.49. The van der Waals surface area contributed by atoms with Gasteiger partial charge in [-0.2, -0.15) is 0 Å². The summed E-state index contributed by atoms with van der Waals surface area (Å²) in [6, 6.07) is 14.9. The Morgan fingerprint density at radius 3 is 2.89 bits per heavy atom. The second kappa shape index (κ2) is 6.37. The molecule has 3 N–H and O–H groups in total. The van der Waals surface area contributed by atoms with Gasteiger partial charge in [-0.15, -0.1) is 5.10 Å². The Bertz CT molecular complexity index is 986. The van der Waals surface area contributed by atoms with Crippen LogP contribution in [0.1, 0.15) is 35.0 Å². The lowest BCUT2D eigenvalue weighted by atomic mass is 10.1. The van der Waals surface area contributed by atoms with Crippen LogP contribution in [-0.2, 0) is 17.8 Å². The summed E-state index contributed by atoms with van der Waals surface area (Å²) in [5.41, 5.74) is 11.3. The second-order valence-corrected chi connectivity index (χ2v) is 6.98. The molecule has 0 bridgehead atoms. The zero-order valence-electron chi connectivity index (χ0n) is 15.1. The minimum Gasteiger partial charge on any atom is -0.408 e. The van der Waals surface area contributed by atoms with Crippen molar-refractivity contribution in [3.8, 4) is 0 Å². The highest BCUT2D eigenvalue weighted by atomic mass is 16.5. The standard InChI is InChI=1S/C20H21N5O2/c1-12-23-24-20(27-12)25-18-9-7-15(21)10-14(18)11-26-19(25)22-17-8-6-13-4-2-3-5-16(13)17/h2-5,7,9-10,17,19,22H,6,8,11,21H2,1H3/t17?,19-/m1/s1. The number of nitrogens with one attached hydrogen (secondary N) is 1. The van der Waals surface area contributed by atoms with Gasteiger partial charge in [0, 0.05) is 24.2 Å². The summed E-state index contributed by atoms with van der Waals surface area (Å²) in [7, 11) is 0. The first-order valence-corrected chi connectivity index (χ1v) is 9.12. The van der Waals surface area contributed by atoms with Crippen molar-refractivity contribution in [3.63, 3.8) is 0 Å². The first kappa shape index (κ1) is 16.3. The van der Waals surface area contributed by atoms with E-state index in [-0.39, 0.29) is 6.04 Å². The van der Waals surface area contributed by atoms with Crippen LogP contribution in [0.5, 0.6) is 0 Å². The monoisotopic (exact) mass is 363 g/mol. The van der Waals surface area contributed by atoms with Gasteiger partial charge in [-0.1, -0.05) is 29.4 Å². The van der Waals surface area contributed by atoms with Gasteiger partial charge in [-0.05, 0) is 42.2 Å². The van der Waals surface area contributed by atoms with E-state index in [1.807, 2.05) is 23.1 Å². The van der Waals surface area contributed by atoms with Crippen molar-refractivity contribution < 1.29 is 9.15 Å². The number of aromatic nitrogens is 2. The highest BCUT2D eigenvalue weighted by molar-refractivity contribution is 5.66. The van der Waals surface area contributed by atoms with Gasteiger partial charge in [-0.3, -0.25) is 10.2 Å². The fourth-order valence-electron chi connectivity index (χ4n) is 3.94. The van der Waals surface area contributed by atoms with Crippen molar-refractivity contribution in [1.29, 1.82) is 0 Å². The Kier molecular flexibility index (Phi) is 3.84. The third-order valence-electron chi connectivity index (χ3n) is 5.19. The number of nitrogen functional groups attached to an aromatic ring is 1. The first-order chi connectivity index (χ1) is 13.2. The Balaban J connectivity index is 1.51. The van der Waals surface area contributed by atoms with Gasteiger partial charge < -0.3 is 14.9 Å². The molecule has 2 heterocycles. The van der Waals surface area contributed by atoms with Gasteiger partial charge in [0.2, 0.25) is 5.89 Å². The van der Waals surface area contributed by atoms with Crippen molar-refractivity contribution in [2.24, 2.45) is 0 Å². The van der Waals surface area contributed by atoms with Crippen LogP contribution in [0.2, 0.25) is 0 Å². The average Bonchev–Trinajstić information content (AvgIpc) is 3.28. The van der Waals surface area contributed by atoms with Crippen LogP contribution in [0.25, 0.3) is 0 Å². The molecule has 1 unspecified atom stereocenters. The van der Waals surface area contributed by atoms with Gasteiger partial charge in [0.15, 0.2) is 6.35 Å². The summed E-state index contributed by atoms with van der Waals surface area (Å²) in [6.45, 7) is 2.25. The van der Waals surface area contributed by atoms with Crippen LogP contribution in [-0.4, -0.2) is 16.5 Å². The molecule has 138 valence electrons. The largest absolute Gasteiger partial charge is 0.408 e. The topological polar surface area (TPSA) is 89.4 Å². The molecule has 27 heavy (non-hydrogen) atoms. The second-order valence-electron chi connectivity index (χ2n) is 6.98. The smallest absolute Gasteiger partial charge is 0.326 e.